The number of anilines is 1. The number of benzene rings is 1. The van der Waals surface area contributed by atoms with Crippen molar-refractivity contribution in [1.82, 2.24) is 20.7 Å². The molecule has 2 saturated heterocycles. The molecule has 1 aromatic carbocycles. The monoisotopic (exact) mass is 419 g/mol. The first-order valence-electron chi connectivity index (χ1n) is 10.2. The van der Waals surface area contributed by atoms with Gasteiger partial charge in [0, 0.05) is 26.2 Å². The molecule has 0 aromatic heterocycles. The van der Waals surface area contributed by atoms with Crippen LogP contribution in [0.25, 0.3) is 0 Å². The normalized spacial score (nSPS) is 22.1. The summed E-state index contributed by atoms with van der Waals surface area (Å²) in [5, 5.41) is 4.38. The van der Waals surface area contributed by atoms with E-state index in [1.165, 1.54) is 0 Å². The summed E-state index contributed by atoms with van der Waals surface area (Å²) in [5.74, 6) is -0.688. The van der Waals surface area contributed by atoms with Crippen molar-refractivity contribution < 1.29 is 14.4 Å². The molecule has 156 valence electrons. The molecular formula is C20H26ClN5O3. The van der Waals surface area contributed by atoms with Gasteiger partial charge in [0.1, 0.15) is 5.54 Å². The fraction of sp³-hybridized carbons (Fsp3) is 0.550. The van der Waals surface area contributed by atoms with E-state index in [4.69, 9.17) is 11.6 Å². The number of urea groups is 1. The minimum atomic E-state index is -0.830. The number of nitrogens with one attached hydrogen (secondary N) is 2. The second kappa shape index (κ2) is 8.20. The van der Waals surface area contributed by atoms with E-state index in [-0.39, 0.29) is 18.4 Å². The maximum Gasteiger partial charge on any atom is 0.344 e. The Kier molecular flexibility index (Phi) is 5.65. The summed E-state index contributed by atoms with van der Waals surface area (Å²) < 4.78 is 0. The number of hydrogen-bond acceptors (Lipinski definition) is 5. The lowest BCUT2D eigenvalue weighted by Crippen LogP contribution is -2.54. The highest BCUT2D eigenvalue weighted by Crippen LogP contribution is 2.33. The van der Waals surface area contributed by atoms with Crippen molar-refractivity contribution in [2.24, 2.45) is 0 Å². The van der Waals surface area contributed by atoms with E-state index >= 15 is 0 Å². The maximum atomic E-state index is 12.7. The van der Waals surface area contributed by atoms with E-state index in [0.717, 1.165) is 43.0 Å². The Bertz CT molecular complexity index is 803. The Labute approximate surface area is 175 Å². The second-order valence-electron chi connectivity index (χ2n) is 7.96. The van der Waals surface area contributed by atoms with E-state index < -0.39 is 11.6 Å². The van der Waals surface area contributed by atoms with Crippen molar-refractivity contribution in [3.8, 4) is 0 Å². The van der Waals surface area contributed by atoms with Crippen molar-refractivity contribution >= 4 is 35.1 Å². The Hall–Kier alpha value is -2.32. The molecule has 3 fully saturated rings. The zero-order valence-electron chi connectivity index (χ0n) is 16.3. The quantitative estimate of drug-likeness (QED) is 0.726. The Morgan fingerprint density at radius 1 is 1.07 bits per heavy atom. The summed E-state index contributed by atoms with van der Waals surface area (Å²) in [5.41, 5.74) is 2.67. The van der Waals surface area contributed by atoms with Crippen LogP contribution in [0, 0.1) is 0 Å². The topological polar surface area (TPSA) is 85.0 Å². The van der Waals surface area contributed by atoms with Crippen LogP contribution in [0.2, 0.25) is 5.02 Å². The number of halogens is 1. The summed E-state index contributed by atoms with van der Waals surface area (Å²) >= 11 is 6.27. The number of amides is 4. The van der Waals surface area contributed by atoms with Gasteiger partial charge in [0.05, 0.1) is 17.3 Å². The van der Waals surface area contributed by atoms with E-state index in [2.05, 4.69) is 15.6 Å². The minimum Gasteiger partial charge on any atom is -0.368 e. The molecule has 1 aliphatic carbocycles. The zero-order chi connectivity index (χ0) is 20.4. The van der Waals surface area contributed by atoms with Gasteiger partial charge in [-0.15, -0.1) is 0 Å². The molecule has 8 nitrogen and oxygen atoms in total. The molecule has 1 aromatic rings. The van der Waals surface area contributed by atoms with Gasteiger partial charge in [-0.05, 0) is 25.0 Å². The number of rotatable bonds is 4. The third-order valence-corrected chi connectivity index (χ3v) is 6.36. The molecule has 2 heterocycles. The Morgan fingerprint density at radius 2 is 1.76 bits per heavy atom. The van der Waals surface area contributed by atoms with Gasteiger partial charge in [0.2, 0.25) is 0 Å². The van der Waals surface area contributed by atoms with Crippen molar-refractivity contribution in [3.05, 3.63) is 29.3 Å². The first-order valence-corrected chi connectivity index (χ1v) is 10.5. The minimum absolute atomic E-state index is 0.139. The van der Waals surface area contributed by atoms with Crippen molar-refractivity contribution in [3.63, 3.8) is 0 Å². The molecule has 1 spiro atoms. The summed E-state index contributed by atoms with van der Waals surface area (Å²) in [6.45, 7) is 3.04. The first kappa shape index (κ1) is 20.0. The van der Waals surface area contributed by atoms with Crippen LogP contribution in [0.15, 0.2) is 24.3 Å². The smallest absolute Gasteiger partial charge is 0.344 e. The predicted octanol–water partition coefficient (Wildman–Crippen LogP) is 1.75. The van der Waals surface area contributed by atoms with Gasteiger partial charge in [-0.1, -0.05) is 43.0 Å². The molecule has 4 amide bonds. The summed E-state index contributed by atoms with van der Waals surface area (Å²) in [7, 11) is 0. The second-order valence-corrected chi connectivity index (χ2v) is 8.37. The van der Waals surface area contributed by atoms with Gasteiger partial charge in [-0.3, -0.25) is 19.9 Å². The van der Waals surface area contributed by atoms with Crippen molar-refractivity contribution in [1.29, 1.82) is 0 Å². The SMILES string of the molecule is O=C(CN1CCN(c2ccccc2Cl)CC1)NN1C(=O)NC2(CCCCC2)C1=O. The highest BCUT2D eigenvalue weighted by atomic mass is 35.5. The van der Waals surface area contributed by atoms with Gasteiger partial charge in [0.15, 0.2) is 0 Å². The summed E-state index contributed by atoms with van der Waals surface area (Å²) in [4.78, 5) is 41.7. The molecule has 0 atom stereocenters. The fourth-order valence-electron chi connectivity index (χ4n) is 4.43. The number of hydrogen-bond donors (Lipinski definition) is 2. The molecule has 29 heavy (non-hydrogen) atoms. The molecule has 2 N–H and O–H groups in total. The van der Waals surface area contributed by atoms with Gasteiger partial charge < -0.3 is 10.2 Å². The van der Waals surface area contributed by atoms with Crippen LogP contribution in [-0.2, 0) is 9.59 Å². The average Bonchev–Trinajstić information content (AvgIpc) is 2.93. The molecular weight excluding hydrogens is 394 g/mol. The molecule has 3 aliphatic rings. The highest BCUT2D eigenvalue weighted by Gasteiger charge is 2.52. The van der Waals surface area contributed by atoms with Crippen molar-refractivity contribution in [2.75, 3.05) is 37.6 Å². The average molecular weight is 420 g/mol. The van der Waals surface area contributed by atoms with Gasteiger partial charge >= 0.3 is 6.03 Å². The van der Waals surface area contributed by atoms with Crippen LogP contribution < -0.4 is 15.6 Å². The van der Waals surface area contributed by atoms with E-state index in [1.54, 1.807) is 0 Å². The van der Waals surface area contributed by atoms with Crippen LogP contribution in [-0.4, -0.2) is 66.0 Å². The van der Waals surface area contributed by atoms with Gasteiger partial charge in [0.25, 0.3) is 11.8 Å². The third-order valence-electron chi connectivity index (χ3n) is 6.04. The number of hydrazine groups is 1. The lowest BCUT2D eigenvalue weighted by atomic mass is 9.82. The van der Waals surface area contributed by atoms with Crippen molar-refractivity contribution in [2.45, 2.75) is 37.6 Å². The summed E-state index contributed by atoms with van der Waals surface area (Å²) in [6, 6.07) is 7.18. The van der Waals surface area contributed by atoms with Crippen LogP contribution in [0.3, 0.4) is 0 Å². The zero-order valence-corrected chi connectivity index (χ0v) is 17.1. The molecule has 9 heteroatoms. The molecule has 1 saturated carbocycles. The van der Waals surface area contributed by atoms with Crippen LogP contribution in [0.5, 0.6) is 0 Å². The number of carbonyl (C=O) groups excluding carboxylic acids is 3. The lowest BCUT2D eigenvalue weighted by Gasteiger charge is -2.36. The number of piperazine rings is 1. The maximum absolute atomic E-state index is 12.7. The largest absolute Gasteiger partial charge is 0.368 e. The Balaban J connectivity index is 1.29. The van der Waals surface area contributed by atoms with E-state index in [0.29, 0.717) is 31.0 Å². The number of imide groups is 1. The van der Waals surface area contributed by atoms with E-state index in [9.17, 15) is 14.4 Å². The predicted molar refractivity (Wildman–Crippen MR) is 109 cm³/mol. The third kappa shape index (κ3) is 4.04. The van der Waals surface area contributed by atoms with E-state index in [1.807, 2.05) is 29.2 Å². The molecule has 0 unspecified atom stereocenters. The lowest BCUT2D eigenvalue weighted by molar-refractivity contribution is -0.140. The number of carbonyl (C=O) groups is 3. The van der Waals surface area contributed by atoms with Gasteiger partial charge in [-0.25, -0.2) is 4.79 Å². The van der Waals surface area contributed by atoms with Crippen LogP contribution in [0.1, 0.15) is 32.1 Å². The molecule has 0 radical (unpaired) electrons. The number of para-hydroxylation sites is 1. The van der Waals surface area contributed by atoms with Crippen LogP contribution >= 0.6 is 11.6 Å². The molecule has 4 rings (SSSR count). The molecule has 0 bridgehead atoms. The van der Waals surface area contributed by atoms with Crippen LogP contribution in [0.4, 0.5) is 10.5 Å². The first-order chi connectivity index (χ1) is 14.0. The number of nitrogens with zero attached hydrogens (tertiary/aromatic N) is 3. The fourth-order valence-corrected chi connectivity index (χ4v) is 4.69. The standard InChI is InChI=1S/C20H26ClN5O3/c21-15-6-2-3-7-16(15)25-12-10-24(11-13-25)14-17(27)23-26-18(28)20(22-19(26)29)8-4-1-5-9-20/h2-3,6-7H,1,4-5,8-14H2,(H,22,29)(H,23,27). The highest BCUT2D eigenvalue weighted by molar-refractivity contribution is 6.33. The van der Waals surface area contributed by atoms with Gasteiger partial charge in [-0.2, -0.15) is 5.01 Å². The summed E-state index contributed by atoms with van der Waals surface area (Å²) in [6.07, 6.45) is 4.15. The molecule has 2 aliphatic heterocycles. The Morgan fingerprint density at radius 3 is 2.45 bits per heavy atom.